The van der Waals surface area contributed by atoms with Gasteiger partial charge in [0.15, 0.2) is 0 Å². The van der Waals surface area contributed by atoms with Crippen molar-refractivity contribution >= 4 is 5.91 Å². The molecule has 1 rings (SSSR count). The number of hydrogen-bond acceptors (Lipinski definition) is 3. The summed E-state index contributed by atoms with van der Waals surface area (Å²) in [4.78, 5) is 11.7. The van der Waals surface area contributed by atoms with Gasteiger partial charge in [-0.1, -0.05) is 6.92 Å². The zero-order chi connectivity index (χ0) is 11.1. The van der Waals surface area contributed by atoms with Gasteiger partial charge in [-0.2, -0.15) is 0 Å². The molecule has 2 atom stereocenters. The van der Waals surface area contributed by atoms with Crippen molar-refractivity contribution in [1.82, 2.24) is 10.6 Å². The van der Waals surface area contributed by atoms with Crippen LogP contribution in [0.15, 0.2) is 0 Å². The van der Waals surface area contributed by atoms with Crippen molar-refractivity contribution in [3.63, 3.8) is 0 Å². The Morgan fingerprint density at radius 1 is 1.53 bits per heavy atom. The molecule has 4 nitrogen and oxygen atoms in total. The number of methoxy groups -OCH3 is 1. The van der Waals surface area contributed by atoms with Gasteiger partial charge in [0.1, 0.15) is 0 Å². The van der Waals surface area contributed by atoms with Crippen LogP contribution >= 0.6 is 0 Å². The van der Waals surface area contributed by atoms with Crippen LogP contribution in [0.5, 0.6) is 0 Å². The molecule has 1 fully saturated rings. The Labute approximate surface area is 91.8 Å². The van der Waals surface area contributed by atoms with Crippen LogP contribution in [0.4, 0.5) is 0 Å². The molecule has 0 bridgehead atoms. The third kappa shape index (κ3) is 4.18. The number of hydrogen-bond donors (Lipinski definition) is 2. The molecule has 0 radical (unpaired) electrons. The molecule has 0 saturated carbocycles. The SMILES string of the molecule is COCCCCNC(=O)C1NCCC1C. The van der Waals surface area contributed by atoms with E-state index in [1.54, 1.807) is 7.11 Å². The predicted octanol–water partition coefficient (Wildman–Crippen LogP) is 0.527. The molecule has 1 saturated heterocycles. The molecule has 15 heavy (non-hydrogen) atoms. The van der Waals surface area contributed by atoms with Crippen molar-refractivity contribution in [2.75, 3.05) is 26.8 Å². The topological polar surface area (TPSA) is 50.4 Å². The second-order valence-electron chi connectivity index (χ2n) is 4.19. The van der Waals surface area contributed by atoms with Gasteiger partial charge in [0.2, 0.25) is 5.91 Å². The highest BCUT2D eigenvalue weighted by Gasteiger charge is 2.28. The first kappa shape index (κ1) is 12.5. The second-order valence-corrected chi connectivity index (χ2v) is 4.19. The van der Waals surface area contributed by atoms with Gasteiger partial charge in [0.05, 0.1) is 6.04 Å². The fourth-order valence-electron chi connectivity index (χ4n) is 1.88. The van der Waals surface area contributed by atoms with Crippen molar-refractivity contribution in [2.24, 2.45) is 5.92 Å². The van der Waals surface area contributed by atoms with Gasteiger partial charge in [-0.25, -0.2) is 0 Å². The first-order chi connectivity index (χ1) is 7.25. The van der Waals surface area contributed by atoms with Gasteiger partial charge < -0.3 is 15.4 Å². The molecule has 0 aromatic carbocycles. The molecule has 0 spiro atoms. The van der Waals surface area contributed by atoms with Crippen LogP contribution in [0.2, 0.25) is 0 Å². The lowest BCUT2D eigenvalue weighted by atomic mass is 10.0. The maximum Gasteiger partial charge on any atom is 0.237 e. The summed E-state index contributed by atoms with van der Waals surface area (Å²) in [6, 6.07) is 0.0208. The highest BCUT2D eigenvalue weighted by Crippen LogP contribution is 2.13. The lowest BCUT2D eigenvalue weighted by molar-refractivity contribution is -0.123. The van der Waals surface area contributed by atoms with Gasteiger partial charge in [-0.05, 0) is 31.7 Å². The number of ether oxygens (including phenoxy) is 1. The molecule has 2 unspecified atom stereocenters. The normalized spacial score (nSPS) is 25.5. The van der Waals surface area contributed by atoms with Gasteiger partial charge in [0, 0.05) is 20.3 Å². The molecule has 1 aliphatic heterocycles. The first-order valence-corrected chi connectivity index (χ1v) is 5.75. The van der Waals surface area contributed by atoms with E-state index in [1.165, 1.54) is 0 Å². The average Bonchev–Trinajstić information content (AvgIpc) is 2.64. The van der Waals surface area contributed by atoms with E-state index in [9.17, 15) is 4.79 Å². The second kappa shape index (κ2) is 6.80. The van der Waals surface area contributed by atoms with Gasteiger partial charge in [0.25, 0.3) is 0 Å². The maximum atomic E-state index is 11.7. The number of unbranched alkanes of at least 4 members (excludes halogenated alkanes) is 1. The van der Waals surface area contributed by atoms with Gasteiger partial charge in [-0.15, -0.1) is 0 Å². The third-order valence-corrected chi connectivity index (χ3v) is 2.89. The predicted molar refractivity (Wildman–Crippen MR) is 59.7 cm³/mol. The maximum absolute atomic E-state index is 11.7. The Hall–Kier alpha value is -0.610. The summed E-state index contributed by atoms with van der Waals surface area (Å²) >= 11 is 0. The molecule has 0 aromatic heterocycles. The largest absolute Gasteiger partial charge is 0.385 e. The van der Waals surface area contributed by atoms with Gasteiger partial charge in [-0.3, -0.25) is 4.79 Å². The summed E-state index contributed by atoms with van der Waals surface area (Å²) in [5.74, 6) is 0.612. The van der Waals surface area contributed by atoms with E-state index in [2.05, 4.69) is 17.6 Å². The lowest BCUT2D eigenvalue weighted by Gasteiger charge is -2.15. The molecule has 0 aromatic rings. The smallest absolute Gasteiger partial charge is 0.237 e. The van der Waals surface area contributed by atoms with E-state index in [4.69, 9.17) is 4.74 Å². The molecule has 1 amide bonds. The third-order valence-electron chi connectivity index (χ3n) is 2.89. The lowest BCUT2D eigenvalue weighted by Crippen LogP contribution is -2.43. The number of amides is 1. The van der Waals surface area contributed by atoms with Crippen LogP contribution in [0, 0.1) is 5.92 Å². The Balaban J connectivity index is 2.08. The molecule has 88 valence electrons. The molecular formula is C11H22N2O2. The van der Waals surface area contributed by atoms with Crippen molar-refractivity contribution < 1.29 is 9.53 Å². The summed E-state index contributed by atoms with van der Waals surface area (Å²) in [5, 5.41) is 6.18. The molecular weight excluding hydrogens is 192 g/mol. The van der Waals surface area contributed by atoms with Crippen molar-refractivity contribution in [1.29, 1.82) is 0 Å². The van der Waals surface area contributed by atoms with E-state index >= 15 is 0 Å². The Kier molecular flexibility index (Phi) is 5.65. The minimum absolute atomic E-state index is 0.0208. The van der Waals surface area contributed by atoms with Crippen molar-refractivity contribution in [3.8, 4) is 0 Å². The first-order valence-electron chi connectivity index (χ1n) is 5.75. The van der Waals surface area contributed by atoms with Crippen LogP contribution in [-0.2, 0) is 9.53 Å². The number of nitrogens with one attached hydrogen (secondary N) is 2. The van der Waals surface area contributed by atoms with E-state index in [0.29, 0.717) is 5.92 Å². The number of carbonyl (C=O) groups excluding carboxylic acids is 1. The zero-order valence-corrected chi connectivity index (χ0v) is 9.71. The summed E-state index contributed by atoms with van der Waals surface area (Å²) in [7, 11) is 1.70. The Morgan fingerprint density at radius 2 is 2.33 bits per heavy atom. The van der Waals surface area contributed by atoms with Gasteiger partial charge >= 0.3 is 0 Å². The summed E-state index contributed by atoms with van der Waals surface area (Å²) < 4.78 is 4.94. The van der Waals surface area contributed by atoms with Crippen LogP contribution in [0.25, 0.3) is 0 Å². The summed E-state index contributed by atoms with van der Waals surface area (Å²) in [6.07, 6.45) is 3.09. The minimum atomic E-state index is 0.0208. The van der Waals surface area contributed by atoms with Crippen LogP contribution in [0.1, 0.15) is 26.2 Å². The zero-order valence-electron chi connectivity index (χ0n) is 9.71. The Bertz CT molecular complexity index is 197. The van der Waals surface area contributed by atoms with E-state index in [1.807, 2.05) is 0 Å². The van der Waals surface area contributed by atoms with E-state index in [0.717, 1.165) is 39.0 Å². The van der Waals surface area contributed by atoms with Crippen molar-refractivity contribution in [2.45, 2.75) is 32.2 Å². The Morgan fingerprint density at radius 3 is 2.93 bits per heavy atom. The average molecular weight is 214 g/mol. The molecule has 0 aliphatic carbocycles. The summed E-state index contributed by atoms with van der Waals surface area (Å²) in [5.41, 5.74) is 0. The molecule has 2 N–H and O–H groups in total. The van der Waals surface area contributed by atoms with Crippen LogP contribution < -0.4 is 10.6 Å². The number of rotatable bonds is 6. The van der Waals surface area contributed by atoms with Crippen molar-refractivity contribution in [3.05, 3.63) is 0 Å². The van der Waals surface area contributed by atoms with E-state index in [-0.39, 0.29) is 11.9 Å². The quantitative estimate of drug-likeness (QED) is 0.634. The summed E-state index contributed by atoms with van der Waals surface area (Å²) in [6.45, 7) is 4.61. The highest BCUT2D eigenvalue weighted by atomic mass is 16.5. The monoisotopic (exact) mass is 214 g/mol. The molecule has 1 aliphatic rings. The highest BCUT2D eigenvalue weighted by molar-refractivity contribution is 5.82. The standard InChI is InChI=1S/C11H22N2O2/c1-9-5-7-12-10(9)11(14)13-6-3-4-8-15-2/h9-10,12H,3-8H2,1-2H3,(H,13,14). The minimum Gasteiger partial charge on any atom is -0.385 e. The molecule has 1 heterocycles. The van der Waals surface area contributed by atoms with Crippen LogP contribution in [-0.4, -0.2) is 38.8 Å². The number of carbonyl (C=O) groups is 1. The van der Waals surface area contributed by atoms with E-state index < -0.39 is 0 Å². The van der Waals surface area contributed by atoms with Crippen LogP contribution in [0.3, 0.4) is 0 Å². The fourth-order valence-corrected chi connectivity index (χ4v) is 1.88. The molecule has 4 heteroatoms. The fraction of sp³-hybridized carbons (Fsp3) is 0.909.